The van der Waals surface area contributed by atoms with Crippen LogP contribution in [0.1, 0.15) is 57.8 Å². The van der Waals surface area contributed by atoms with Crippen LogP contribution in [0.5, 0.6) is 0 Å². The van der Waals surface area contributed by atoms with Crippen molar-refractivity contribution in [2.24, 2.45) is 11.7 Å². The molecule has 0 aromatic carbocycles. The average molecular weight is 204 g/mol. The van der Waals surface area contributed by atoms with Gasteiger partial charge in [-0.2, -0.15) is 0 Å². The number of hydrogen-bond donors (Lipinski definition) is 1. The van der Waals surface area contributed by atoms with Gasteiger partial charge in [-0.05, 0) is 31.6 Å². The summed E-state index contributed by atoms with van der Waals surface area (Å²) in [6.07, 6.45) is 12.5. The van der Waals surface area contributed by atoms with Crippen LogP contribution in [0.3, 0.4) is 0 Å². The number of hydrogen-bond acceptors (Lipinski definition) is 1. The fourth-order valence-electron chi connectivity index (χ4n) is 3.12. The van der Waals surface area contributed by atoms with Gasteiger partial charge in [0.15, 0.2) is 0 Å². The standard InChI is InChI=1S/C11H21N.ClH/c12-11(8-4-5-9-11)10-6-2-1-3-7-10;/h10H,1-9,12H2;1H. The van der Waals surface area contributed by atoms with Crippen LogP contribution in [-0.4, -0.2) is 5.54 Å². The van der Waals surface area contributed by atoms with Gasteiger partial charge in [0.25, 0.3) is 0 Å². The van der Waals surface area contributed by atoms with Crippen LogP contribution < -0.4 is 5.73 Å². The second kappa shape index (κ2) is 4.65. The molecular weight excluding hydrogens is 182 g/mol. The van der Waals surface area contributed by atoms with Crippen molar-refractivity contribution in [3.05, 3.63) is 0 Å². The van der Waals surface area contributed by atoms with E-state index in [-0.39, 0.29) is 17.9 Å². The van der Waals surface area contributed by atoms with Crippen LogP contribution in [0.25, 0.3) is 0 Å². The highest BCUT2D eigenvalue weighted by Crippen LogP contribution is 2.40. The molecule has 2 fully saturated rings. The predicted molar refractivity (Wildman–Crippen MR) is 59.2 cm³/mol. The molecule has 1 nitrogen and oxygen atoms in total. The molecule has 0 aromatic rings. The molecule has 0 amide bonds. The highest BCUT2D eigenvalue weighted by atomic mass is 35.5. The Morgan fingerprint density at radius 1 is 0.846 bits per heavy atom. The molecule has 2 aliphatic carbocycles. The van der Waals surface area contributed by atoms with Crippen LogP contribution in [0.2, 0.25) is 0 Å². The fraction of sp³-hybridized carbons (Fsp3) is 1.00. The molecule has 0 aliphatic heterocycles. The van der Waals surface area contributed by atoms with Gasteiger partial charge in [-0.1, -0.05) is 32.1 Å². The van der Waals surface area contributed by atoms with Crippen LogP contribution >= 0.6 is 12.4 Å². The van der Waals surface area contributed by atoms with Gasteiger partial charge >= 0.3 is 0 Å². The zero-order chi connectivity index (χ0) is 8.44. The van der Waals surface area contributed by atoms with E-state index in [0.717, 1.165) is 5.92 Å². The van der Waals surface area contributed by atoms with Crippen molar-refractivity contribution in [2.45, 2.75) is 63.3 Å². The van der Waals surface area contributed by atoms with Gasteiger partial charge in [0.2, 0.25) is 0 Å². The highest BCUT2D eigenvalue weighted by molar-refractivity contribution is 5.85. The first kappa shape index (κ1) is 11.3. The summed E-state index contributed by atoms with van der Waals surface area (Å²) in [6, 6.07) is 0. The van der Waals surface area contributed by atoms with Crippen LogP contribution in [-0.2, 0) is 0 Å². The van der Waals surface area contributed by atoms with Crippen molar-refractivity contribution in [1.29, 1.82) is 0 Å². The molecule has 2 heteroatoms. The molecule has 2 aliphatic rings. The summed E-state index contributed by atoms with van der Waals surface area (Å²) in [4.78, 5) is 0. The highest BCUT2D eigenvalue weighted by Gasteiger charge is 2.37. The summed E-state index contributed by atoms with van der Waals surface area (Å²) in [5.41, 5.74) is 6.70. The summed E-state index contributed by atoms with van der Waals surface area (Å²) < 4.78 is 0. The Hall–Kier alpha value is 0.250. The van der Waals surface area contributed by atoms with E-state index < -0.39 is 0 Å². The third-order valence-electron chi connectivity index (χ3n) is 3.95. The topological polar surface area (TPSA) is 26.0 Å². The summed E-state index contributed by atoms with van der Waals surface area (Å²) in [7, 11) is 0. The van der Waals surface area contributed by atoms with E-state index in [1.165, 1.54) is 57.8 Å². The van der Waals surface area contributed by atoms with Crippen molar-refractivity contribution in [3.63, 3.8) is 0 Å². The Bertz CT molecular complexity index is 146. The van der Waals surface area contributed by atoms with E-state index in [9.17, 15) is 0 Å². The Morgan fingerprint density at radius 3 is 1.92 bits per heavy atom. The molecule has 0 atom stereocenters. The lowest BCUT2D eigenvalue weighted by atomic mass is 9.74. The van der Waals surface area contributed by atoms with Gasteiger partial charge < -0.3 is 5.73 Å². The molecule has 0 aromatic heterocycles. The van der Waals surface area contributed by atoms with Crippen molar-refractivity contribution >= 4 is 12.4 Å². The molecule has 0 spiro atoms. The minimum Gasteiger partial charge on any atom is -0.325 e. The largest absolute Gasteiger partial charge is 0.325 e. The van der Waals surface area contributed by atoms with Crippen molar-refractivity contribution < 1.29 is 0 Å². The first-order chi connectivity index (χ1) is 5.81. The minimum atomic E-state index is 0. The van der Waals surface area contributed by atoms with Crippen LogP contribution in [0, 0.1) is 5.92 Å². The molecule has 2 saturated carbocycles. The SMILES string of the molecule is Cl.NC1(C2CCCCC2)CCCC1. The van der Waals surface area contributed by atoms with Crippen molar-refractivity contribution in [2.75, 3.05) is 0 Å². The lowest BCUT2D eigenvalue weighted by molar-refractivity contribution is 0.209. The Balaban J connectivity index is 0.000000845. The molecular formula is C11H22ClN. The number of nitrogens with two attached hydrogens (primary N) is 1. The third kappa shape index (κ3) is 2.38. The average Bonchev–Trinajstić information content (AvgIpc) is 2.55. The molecule has 2 rings (SSSR count). The molecule has 0 bridgehead atoms. The minimum absolute atomic E-state index is 0. The second-order valence-corrected chi connectivity index (χ2v) is 4.78. The van der Waals surface area contributed by atoms with E-state index in [0.29, 0.717) is 0 Å². The monoisotopic (exact) mass is 203 g/mol. The first-order valence-corrected chi connectivity index (χ1v) is 5.60. The Kier molecular flexibility index (Phi) is 4.06. The molecule has 2 N–H and O–H groups in total. The second-order valence-electron chi connectivity index (χ2n) is 4.78. The van der Waals surface area contributed by atoms with E-state index >= 15 is 0 Å². The normalized spacial score (nSPS) is 28.4. The van der Waals surface area contributed by atoms with E-state index in [2.05, 4.69) is 0 Å². The summed E-state index contributed by atoms with van der Waals surface area (Å²) >= 11 is 0. The molecule has 13 heavy (non-hydrogen) atoms. The quantitative estimate of drug-likeness (QED) is 0.696. The van der Waals surface area contributed by atoms with Crippen molar-refractivity contribution in [3.8, 4) is 0 Å². The maximum absolute atomic E-state index is 6.43. The Labute approximate surface area is 87.9 Å². The predicted octanol–water partition coefficient (Wildman–Crippen LogP) is 3.26. The molecule has 0 heterocycles. The summed E-state index contributed by atoms with van der Waals surface area (Å²) in [6.45, 7) is 0. The molecule has 0 unspecified atom stereocenters. The lowest BCUT2D eigenvalue weighted by Crippen LogP contribution is -2.45. The lowest BCUT2D eigenvalue weighted by Gasteiger charge is -2.36. The van der Waals surface area contributed by atoms with Gasteiger partial charge in [-0.25, -0.2) is 0 Å². The summed E-state index contributed by atoms with van der Waals surface area (Å²) in [5.74, 6) is 0.869. The van der Waals surface area contributed by atoms with Gasteiger partial charge in [0.05, 0.1) is 0 Å². The van der Waals surface area contributed by atoms with Gasteiger partial charge in [-0.3, -0.25) is 0 Å². The number of rotatable bonds is 1. The van der Waals surface area contributed by atoms with Gasteiger partial charge in [0, 0.05) is 5.54 Å². The number of halogens is 1. The van der Waals surface area contributed by atoms with E-state index in [1.54, 1.807) is 0 Å². The van der Waals surface area contributed by atoms with Crippen LogP contribution in [0.4, 0.5) is 0 Å². The van der Waals surface area contributed by atoms with E-state index in [4.69, 9.17) is 5.73 Å². The van der Waals surface area contributed by atoms with Gasteiger partial charge in [0.1, 0.15) is 0 Å². The molecule has 0 saturated heterocycles. The smallest absolute Gasteiger partial charge is 0.0182 e. The fourth-order valence-corrected chi connectivity index (χ4v) is 3.12. The summed E-state index contributed by atoms with van der Waals surface area (Å²) in [5, 5.41) is 0. The molecule has 78 valence electrons. The maximum atomic E-state index is 6.43. The Morgan fingerprint density at radius 2 is 1.38 bits per heavy atom. The maximum Gasteiger partial charge on any atom is 0.0182 e. The zero-order valence-electron chi connectivity index (χ0n) is 8.43. The van der Waals surface area contributed by atoms with E-state index in [1.807, 2.05) is 0 Å². The van der Waals surface area contributed by atoms with Crippen molar-refractivity contribution in [1.82, 2.24) is 0 Å². The first-order valence-electron chi connectivity index (χ1n) is 5.60. The van der Waals surface area contributed by atoms with Crippen LogP contribution in [0.15, 0.2) is 0 Å². The molecule has 0 radical (unpaired) electrons. The third-order valence-corrected chi connectivity index (χ3v) is 3.95. The van der Waals surface area contributed by atoms with Gasteiger partial charge in [-0.15, -0.1) is 12.4 Å². The zero-order valence-corrected chi connectivity index (χ0v) is 9.24.